The van der Waals surface area contributed by atoms with Crippen LogP contribution in [0.2, 0.25) is 0 Å². The molecule has 0 amide bonds. The van der Waals surface area contributed by atoms with Crippen molar-refractivity contribution in [2.75, 3.05) is 5.32 Å². The number of rotatable bonds is 5. The van der Waals surface area contributed by atoms with Gasteiger partial charge in [0.25, 0.3) is 0 Å². The Hall–Kier alpha value is -3.95. The van der Waals surface area contributed by atoms with Gasteiger partial charge in [-0.1, -0.05) is 0 Å². The van der Waals surface area contributed by atoms with Crippen LogP contribution in [-0.2, 0) is 0 Å². The highest BCUT2D eigenvalue weighted by Gasteiger charge is 2.20. The Kier molecular flexibility index (Phi) is 4.54. The van der Waals surface area contributed by atoms with Gasteiger partial charge in [0.2, 0.25) is 5.88 Å². The van der Waals surface area contributed by atoms with Crippen molar-refractivity contribution in [1.29, 1.82) is 0 Å². The van der Waals surface area contributed by atoms with Crippen LogP contribution in [0.3, 0.4) is 0 Å². The Morgan fingerprint density at radius 1 is 1.35 bits per heavy atom. The second-order valence-electron chi connectivity index (χ2n) is 7.81. The molecule has 1 fully saturated rings. The van der Waals surface area contributed by atoms with Crippen LogP contribution >= 0.6 is 0 Å². The van der Waals surface area contributed by atoms with Gasteiger partial charge in [-0.3, -0.25) is 15.0 Å². The zero-order valence-electron chi connectivity index (χ0n) is 17.1. The van der Waals surface area contributed by atoms with Crippen LogP contribution in [0.4, 0.5) is 5.82 Å². The molecule has 0 bridgehead atoms. The highest BCUT2D eigenvalue weighted by atomic mass is 16.3. The van der Waals surface area contributed by atoms with E-state index in [9.17, 15) is 9.90 Å². The molecule has 158 valence electrons. The number of imidazole rings is 1. The maximum atomic E-state index is 11.5. The van der Waals surface area contributed by atoms with Crippen molar-refractivity contribution >= 4 is 17.5 Å². The molecule has 0 saturated heterocycles. The van der Waals surface area contributed by atoms with E-state index < -0.39 is 5.69 Å². The molecule has 4 heterocycles. The number of fused-ring (bicyclic) bond motifs is 1. The third-order valence-electron chi connectivity index (χ3n) is 5.12. The first-order valence-corrected chi connectivity index (χ1v) is 10.1. The number of aromatic amines is 2. The first-order valence-electron chi connectivity index (χ1n) is 10.1. The van der Waals surface area contributed by atoms with E-state index in [2.05, 4.69) is 25.4 Å². The molecule has 1 unspecified atom stereocenters. The smallest absolute Gasteiger partial charge is 0.326 e. The van der Waals surface area contributed by atoms with Crippen LogP contribution in [-0.4, -0.2) is 40.7 Å². The molecule has 0 aromatic carbocycles. The maximum absolute atomic E-state index is 11.5. The Morgan fingerprint density at radius 3 is 2.90 bits per heavy atom. The second-order valence-corrected chi connectivity index (χ2v) is 7.81. The number of aryl methyl sites for hydroxylation is 1. The summed E-state index contributed by atoms with van der Waals surface area (Å²) in [4.78, 5) is 30.3. The third kappa shape index (κ3) is 3.91. The lowest BCUT2D eigenvalue weighted by Gasteiger charge is -2.14. The van der Waals surface area contributed by atoms with Crippen LogP contribution < -0.4 is 21.7 Å². The molecule has 4 N–H and O–H groups in total. The van der Waals surface area contributed by atoms with Crippen molar-refractivity contribution in [2.24, 2.45) is 4.99 Å². The molecule has 0 radical (unpaired) electrons. The van der Waals surface area contributed by atoms with Crippen LogP contribution in [0.5, 0.6) is 5.88 Å². The van der Waals surface area contributed by atoms with Gasteiger partial charge in [-0.15, -0.1) is 0 Å². The number of pyridine rings is 1. The summed E-state index contributed by atoms with van der Waals surface area (Å²) in [6.07, 6.45) is 7.18. The van der Waals surface area contributed by atoms with Crippen LogP contribution in [0, 0.1) is 6.92 Å². The Bertz CT molecular complexity index is 1440. The summed E-state index contributed by atoms with van der Waals surface area (Å²) in [6.45, 7) is 4.06. The number of hydrogen-bond donors (Lipinski definition) is 4. The minimum absolute atomic E-state index is 0.0657. The highest BCUT2D eigenvalue weighted by Crippen LogP contribution is 2.23. The van der Waals surface area contributed by atoms with Crippen LogP contribution in [0.1, 0.15) is 42.8 Å². The Morgan fingerprint density at radius 2 is 2.19 bits per heavy atom. The van der Waals surface area contributed by atoms with Crippen LogP contribution in [0.15, 0.2) is 40.4 Å². The summed E-state index contributed by atoms with van der Waals surface area (Å²) < 4.78 is 1.67. The fourth-order valence-electron chi connectivity index (χ4n) is 3.36. The number of aromatic nitrogens is 6. The minimum Gasteiger partial charge on any atom is -0.493 e. The molecular formula is C21H22N8O2. The van der Waals surface area contributed by atoms with Gasteiger partial charge in [-0.25, -0.2) is 9.78 Å². The van der Waals surface area contributed by atoms with E-state index >= 15 is 0 Å². The number of hydrogen-bond acceptors (Lipinski definition) is 7. The van der Waals surface area contributed by atoms with Gasteiger partial charge >= 0.3 is 5.69 Å². The largest absolute Gasteiger partial charge is 0.493 e. The zero-order chi connectivity index (χ0) is 21.5. The number of nitrogens with one attached hydrogen (secondary N) is 3. The maximum Gasteiger partial charge on any atom is 0.326 e. The van der Waals surface area contributed by atoms with Crippen molar-refractivity contribution in [2.45, 2.75) is 38.8 Å². The summed E-state index contributed by atoms with van der Waals surface area (Å²) in [7, 11) is 0. The quantitative estimate of drug-likeness (QED) is 0.381. The van der Waals surface area contributed by atoms with E-state index in [0.717, 1.165) is 24.1 Å². The number of aromatic hydroxyl groups is 1. The van der Waals surface area contributed by atoms with E-state index in [4.69, 9.17) is 9.98 Å². The molecular weight excluding hydrogens is 396 g/mol. The third-order valence-corrected chi connectivity index (χ3v) is 5.12. The predicted molar refractivity (Wildman–Crippen MR) is 114 cm³/mol. The predicted octanol–water partition coefficient (Wildman–Crippen LogP) is 0.939. The first-order chi connectivity index (χ1) is 15.0. The molecule has 4 aromatic rings. The van der Waals surface area contributed by atoms with Crippen molar-refractivity contribution in [3.05, 3.63) is 68.7 Å². The van der Waals surface area contributed by atoms with Gasteiger partial charge in [0.05, 0.1) is 24.0 Å². The van der Waals surface area contributed by atoms with Crippen LogP contribution in [0.25, 0.3) is 11.7 Å². The molecule has 5 rings (SSSR count). The average Bonchev–Trinajstić information content (AvgIpc) is 3.37. The van der Waals surface area contributed by atoms with E-state index in [1.54, 1.807) is 23.0 Å². The lowest BCUT2D eigenvalue weighted by molar-refractivity contribution is 0.454. The fraction of sp³-hybridized carbons (Fsp3) is 0.286. The molecule has 10 nitrogen and oxygen atoms in total. The SMILES string of the molecule is Cc1ccnc(C(C)Nc2cc(=NC3CC3)n3nc/c(=C/c4[nH]c(=O)[nH]c4O)c3n2)c1. The summed E-state index contributed by atoms with van der Waals surface area (Å²) >= 11 is 0. The van der Waals surface area contributed by atoms with E-state index in [0.29, 0.717) is 28.2 Å². The van der Waals surface area contributed by atoms with Crippen molar-refractivity contribution in [3.8, 4) is 5.88 Å². The average molecular weight is 418 g/mol. The number of anilines is 1. The van der Waals surface area contributed by atoms with E-state index in [1.165, 1.54) is 0 Å². The van der Waals surface area contributed by atoms with Gasteiger partial charge in [0.15, 0.2) is 11.1 Å². The fourth-order valence-corrected chi connectivity index (χ4v) is 3.36. The monoisotopic (exact) mass is 418 g/mol. The van der Waals surface area contributed by atoms with Gasteiger partial charge in [-0.2, -0.15) is 9.61 Å². The van der Waals surface area contributed by atoms with Gasteiger partial charge < -0.3 is 15.4 Å². The van der Waals surface area contributed by atoms with E-state index in [1.807, 2.05) is 32.0 Å². The molecule has 1 aliphatic rings. The van der Waals surface area contributed by atoms with Crippen molar-refractivity contribution < 1.29 is 5.11 Å². The topological polar surface area (TPSA) is 136 Å². The summed E-state index contributed by atoms with van der Waals surface area (Å²) in [6, 6.07) is 6.11. The minimum atomic E-state index is -0.487. The molecule has 1 saturated carbocycles. The highest BCUT2D eigenvalue weighted by molar-refractivity contribution is 5.58. The molecule has 1 aliphatic carbocycles. The van der Waals surface area contributed by atoms with Gasteiger partial charge in [0, 0.05) is 17.5 Å². The van der Waals surface area contributed by atoms with Crippen molar-refractivity contribution in [3.63, 3.8) is 0 Å². The lowest BCUT2D eigenvalue weighted by atomic mass is 10.1. The van der Waals surface area contributed by atoms with Gasteiger partial charge in [-0.05, 0) is 50.5 Å². The standard InChI is InChI=1S/C21H22N8O2/c1-11-5-6-22-15(7-11)12(2)24-17-9-18(25-14-3-4-14)29-19(27-17)13(10-23-29)8-16-20(30)28-21(31)26-16/h5-10,12,14,24,30H,3-4H2,1-2H3,(H2,26,28,31)/b13-8-,25-18?. The first kappa shape index (κ1) is 19.0. The molecule has 0 spiro atoms. The molecule has 4 aromatic heterocycles. The molecule has 31 heavy (non-hydrogen) atoms. The van der Waals surface area contributed by atoms with E-state index in [-0.39, 0.29) is 17.6 Å². The van der Waals surface area contributed by atoms with Gasteiger partial charge in [0.1, 0.15) is 11.5 Å². The number of H-pyrrole nitrogens is 2. The molecule has 10 heteroatoms. The second kappa shape index (κ2) is 7.38. The Balaban J connectivity index is 1.62. The summed E-state index contributed by atoms with van der Waals surface area (Å²) in [5.41, 5.74) is 3.09. The van der Waals surface area contributed by atoms with Crippen molar-refractivity contribution in [1.82, 2.24) is 29.5 Å². The zero-order valence-corrected chi connectivity index (χ0v) is 17.1. The number of nitrogens with zero attached hydrogens (tertiary/aromatic N) is 5. The molecule has 0 aliphatic heterocycles. The lowest BCUT2D eigenvalue weighted by Crippen LogP contribution is -2.21. The normalized spacial score (nSPS) is 16.2. The summed E-state index contributed by atoms with van der Waals surface area (Å²) in [5.74, 6) is 0.408. The summed E-state index contributed by atoms with van der Waals surface area (Å²) in [5, 5.41) is 18.4. The Labute approximate surface area is 176 Å². The molecule has 1 atom stereocenters.